The number of unbranched alkanes of at least 4 members (excludes halogenated alkanes) is 10. The average molecular weight is 412 g/mol. The van der Waals surface area contributed by atoms with Gasteiger partial charge in [0.1, 0.15) is 23.2 Å². The lowest BCUT2D eigenvalue weighted by Gasteiger charge is -2.14. The van der Waals surface area contributed by atoms with Crippen LogP contribution >= 0.6 is 0 Å². The molecule has 0 radical (unpaired) electrons. The Bertz CT molecular complexity index is 602. The van der Waals surface area contributed by atoms with E-state index in [9.17, 15) is 18.4 Å². The molecule has 0 bridgehead atoms. The first-order valence-corrected chi connectivity index (χ1v) is 10.9. The molecule has 6 heteroatoms. The van der Waals surface area contributed by atoms with Crippen LogP contribution in [0.3, 0.4) is 0 Å². The number of benzene rings is 1. The Morgan fingerprint density at radius 3 is 1.90 bits per heavy atom. The highest BCUT2D eigenvalue weighted by Gasteiger charge is 2.22. The molecule has 0 aliphatic carbocycles. The predicted molar refractivity (Wildman–Crippen MR) is 111 cm³/mol. The van der Waals surface area contributed by atoms with Crippen molar-refractivity contribution < 1.29 is 23.1 Å². The van der Waals surface area contributed by atoms with Crippen LogP contribution in [0.5, 0.6) is 0 Å². The van der Waals surface area contributed by atoms with Crippen molar-refractivity contribution in [1.82, 2.24) is 5.32 Å². The molecule has 1 rings (SSSR count). The smallest absolute Gasteiger partial charge is 0.328 e. The van der Waals surface area contributed by atoms with Gasteiger partial charge in [0.2, 0.25) is 0 Å². The van der Waals surface area contributed by atoms with E-state index < -0.39 is 35.1 Å². The van der Waals surface area contributed by atoms with Crippen LogP contribution in [-0.4, -0.2) is 24.5 Å². The van der Waals surface area contributed by atoms with Crippen LogP contribution < -0.4 is 5.32 Å². The summed E-state index contributed by atoms with van der Waals surface area (Å²) in [4.78, 5) is 23.9. The first-order chi connectivity index (χ1) is 14.0. The zero-order valence-corrected chi connectivity index (χ0v) is 17.8. The molecule has 0 aliphatic heterocycles. The Morgan fingerprint density at radius 2 is 1.38 bits per heavy atom. The van der Waals surface area contributed by atoms with Gasteiger partial charge in [-0.1, -0.05) is 77.2 Å². The number of carbonyl (C=O) groups excluding carboxylic acids is 2. The lowest BCUT2D eigenvalue weighted by Crippen LogP contribution is -2.40. The van der Waals surface area contributed by atoms with Gasteiger partial charge < -0.3 is 10.1 Å². The van der Waals surface area contributed by atoms with Gasteiger partial charge in [-0.25, -0.2) is 13.6 Å². The first kappa shape index (κ1) is 25.1. The van der Waals surface area contributed by atoms with Gasteiger partial charge in [-0.15, -0.1) is 0 Å². The zero-order valence-electron chi connectivity index (χ0n) is 17.8. The molecule has 0 unspecified atom stereocenters. The Labute approximate surface area is 173 Å². The molecular weight excluding hydrogens is 376 g/mol. The summed E-state index contributed by atoms with van der Waals surface area (Å²) in [6.07, 6.45) is 13.2. The van der Waals surface area contributed by atoms with E-state index in [-0.39, 0.29) is 6.61 Å². The van der Waals surface area contributed by atoms with Crippen LogP contribution in [0, 0.1) is 11.6 Å². The van der Waals surface area contributed by atoms with Crippen molar-refractivity contribution in [3.63, 3.8) is 0 Å². The van der Waals surface area contributed by atoms with Crippen molar-refractivity contribution in [1.29, 1.82) is 0 Å². The molecule has 164 valence electrons. The summed E-state index contributed by atoms with van der Waals surface area (Å²) in [5.74, 6) is -3.52. The molecule has 0 aromatic heterocycles. The number of hydrogen-bond acceptors (Lipinski definition) is 3. The molecule has 0 fully saturated rings. The van der Waals surface area contributed by atoms with E-state index in [0.29, 0.717) is 0 Å². The highest BCUT2D eigenvalue weighted by molar-refractivity contribution is 5.97. The summed E-state index contributed by atoms with van der Waals surface area (Å²) in [6.45, 7) is 3.94. The summed E-state index contributed by atoms with van der Waals surface area (Å²) in [5, 5.41) is 2.28. The number of halogens is 2. The number of hydrogen-bond donors (Lipinski definition) is 1. The van der Waals surface area contributed by atoms with Gasteiger partial charge in [-0.2, -0.15) is 0 Å². The number of carbonyl (C=O) groups is 2. The standard InChI is InChI=1S/C23H35F2NO3/c1-3-4-5-6-7-8-9-10-11-12-13-17-29-23(28)18(2)26-22(27)21-19(24)15-14-16-20(21)25/h14-16,18H,3-13,17H2,1-2H3,(H,26,27)/t18-/m0/s1. The SMILES string of the molecule is CCCCCCCCCCCCCOC(=O)[C@H](C)NC(=O)c1c(F)cccc1F. The van der Waals surface area contributed by atoms with Gasteiger partial charge in [0.25, 0.3) is 5.91 Å². The van der Waals surface area contributed by atoms with E-state index in [4.69, 9.17) is 4.74 Å². The molecule has 0 saturated carbocycles. The van der Waals surface area contributed by atoms with Crippen molar-refractivity contribution in [2.24, 2.45) is 0 Å². The van der Waals surface area contributed by atoms with Gasteiger partial charge in [0.05, 0.1) is 6.61 Å². The molecule has 29 heavy (non-hydrogen) atoms. The third kappa shape index (κ3) is 10.4. The van der Waals surface area contributed by atoms with Crippen LogP contribution in [-0.2, 0) is 9.53 Å². The second kappa shape index (κ2) is 14.9. The lowest BCUT2D eigenvalue weighted by molar-refractivity contribution is -0.145. The molecule has 1 atom stereocenters. The predicted octanol–water partition coefficient (Wildman–Crippen LogP) is 5.94. The molecule has 0 aliphatic rings. The van der Waals surface area contributed by atoms with Crippen LogP contribution in [0.15, 0.2) is 18.2 Å². The zero-order chi connectivity index (χ0) is 21.5. The van der Waals surface area contributed by atoms with Crippen molar-refractivity contribution in [3.05, 3.63) is 35.4 Å². The van der Waals surface area contributed by atoms with E-state index in [2.05, 4.69) is 12.2 Å². The van der Waals surface area contributed by atoms with Crippen LogP contribution in [0.4, 0.5) is 8.78 Å². The number of esters is 1. The third-order valence-corrected chi connectivity index (χ3v) is 4.88. The largest absolute Gasteiger partial charge is 0.464 e. The van der Waals surface area contributed by atoms with Gasteiger partial charge >= 0.3 is 5.97 Å². The highest BCUT2D eigenvalue weighted by atomic mass is 19.1. The molecule has 1 amide bonds. The molecule has 0 spiro atoms. The maximum absolute atomic E-state index is 13.6. The van der Waals surface area contributed by atoms with E-state index in [0.717, 1.165) is 31.4 Å². The average Bonchev–Trinajstić information content (AvgIpc) is 2.68. The number of amides is 1. The lowest BCUT2D eigenvalue weighted by atomic mass is 10.1. The summed E-state index contributed by atoms with van der Waals surface area (Å²) in [7, 11) is 0. The second-order valence-electron chi connectivity index (χ2n) is 7.49. The fraction of sp³-hybridized carbons (Fsp3) is 0.652. The fourth-order valence-corrected chi connectivity index (χ4v) is 3.11. The summed E-state index contributed by atoms with van der Waals surface area (Å²) >= 11 is 0. The fourth-order valence-electron chi connectivity index (χ4n) is 3.11. The minimum Gasteiger partial charge on any atom is -0.464 e. The van der Waals surface area contributed by atoms with E-state index >= 15 is 0 Å². The molecule has 0 saturated heterocycles. The van der Waals surface area contributed by atoms with Crippen molar-refractivity contribution in [2.75, 3.05) is 6.61 Å². The van der Waals surface area contributed by atoms with E-state index in [1.54, 1.807) is 0 Å². The Kier molecular flexibility index (Phi) is 12.9. The van der Waals surface area contributed by atoms with Crippen molar-refractivity contribution >= 4 is 11.9 Å². The molecule has 0 heterocycles. The molecular formula is C23H35F2NO3. The molecule has 4 nitrogen and oxygen atoms in total. The Hall–Kier alpha value is -1.98. The van der Waals surface area contributed by atoms with Crippen LogP contribution in [0.2, 0.25) is 0 Å². The minimum absolute atomic E-state index is 0.282. The normalized spacial score (nSPS) is 11.9. The van der Waals surface area contributed by atoms with Crippen LogP contribution in [0.25, 0.3) is 0 Å². The third-order valence-electron chi connectivity index (χ3n) is 4.88. The summed E-state index contributed by atoms with van der Waals surface area (Å²) in [6, 6.07) is 2.18. The first-order valence-electron chi connectivity index (χ1n) is 10.9. The van der Waals surface area contributed by atoms with Crippen LogP contribution in [0.1, 0.15) is 94.8 Å². The van der Waals surface area contributed by atoms with E-state index in [1.165, 1.54) is 64.4 Å². The van der Waals surface area contributed by atoms with Gasteiger partial charge in [0.15, 0.2) is 0 Å². The maximum atomic E-state index is 13.6. The highest BCUT2D eigenvalue weighted by Crippen LogP contribution is 2.13. The Balaban J connectivity index is 2.10. The topological polar surface area (TPSA) is 55.4 Å². The minimum atomic E-state index is -0.978. The molecule has 1 N–H and O–H groups in total. The Morgan fingerprint density at radius 1 is 0.897 bits per heavy atom. The summed E-state index contributed by atoms with van der Waals surface area (Å²) in [5.41, 5.74) is -0.697. The number of nitrogens with one attached hydrogen (secondary N) is 1. The number of rotatable bonds is 15. The van der Waals surface area contributed by atoms with Gasteiger partial charge in [-0.05, 0) is 25.5 Å². The van der Waals surface area contributed by atoms with Gasteiger partial charge in [0, 0.05) is 0 Å². The quantitative estimate of drug-likeness (QED) is 0.287. The van der Waals surface area contributed by atoms with Gasteiger partial charge in [-0.3, -0.25) is 4.79 Å². The second-order valence-corrected chi connectivity index (χ2v) is 7.49. The molecule has 1 aromatic rings. The van der Waals surface area contributed by atoms with E-state index in [1.807, 2.05) is 0 Å². The van der Waals surface area contributed by atoms with Crippen molar-refractivity contribution in [3.8, 4) is 0 Å². The maximum Gasteiger partial charge on any atom is 0.328 e. The monoisotopic (exact) mass is 411 g/mol. The number of ether oxygens (including phenoxy) is 1. The summed E-state index contributed by atoms with van der Waals surface area (Å²) < 4.78 is 32.3. The van der Waals surface area contributed by atoms with Crippen molar-refractivity contribution in [2.45, 2.75) is 90.5 Å². The molecule has 1 aromatic carbocycles.